The molecular weight excluding hydrogens is 419 g/mol. The smallest absolute Gasteiger partial charge is 0.457 e. The summed E-state index contributed by atoms with van der Waals surface area (Å²) in [5.41, 5.74) is 8.46. The fraction of sp³-hybridized carbons (Fsp3) is 0.708. The maximum absolute atomic E-state index is 13.4. The van der Waals surface area contributed by atoms with Gasteiger partial charge >= 0.3 is 13.1 Å². The molecule has 4 rings (SSSR count). The Kier molecular flexibility index (Phi) is 6.79. The van der Waals surface area contributed by atoms with Crippen LogP contribution in [0.5, 0.6) is 0 Å². The third kappa shape index (κ3) is 4.65. The highest BCUT2D eigenvalue weighted by Gasteiger charge is 2.59. The van der Waals surface area contributed by atoms with Crippen molar-refractivity contribution in [3.8, 4) is 0 Å². The molecule has 2 heterocycles. The average Bonchev–Trinajstić information content (AvgIpc) is 3.38. The summed E-state index contributed by atoms with van der Waals surface area (Å²) >= 11 is 0. The van der Waals surface area contributed by atoms with E-state index in [1.165, 1.54) is 0 Å². The second-order valence-electron chi connectivity index (χ2n) is 10.7. The monoisotopic (exact) mass is 454 g/mol. The Morgan fingerprint density at radius 2 is 1.91 bits per heavy atom. The molecule has 2 saturated heterocycles. The number of carbonyl (C=O) groups is 1. The third-order valence-corrected chi connectivity index (χ3v) is 8.14. The Labute approximate surface area is 196 Å². The highest BCUT2D eigenvalue weighted by atomic mass is 16.7. The molecule has 1 N–H and O–H groups in total. The molecule has 8 nitrogen and oxygen atoms in total. The van der Waals surface area contributed by atoms with Gasteiger partial charge in [-0.15, -0.1) is 0 Å². The fourth-order valence-electron chi connectivity index (χ4n) is 5.71. The average molecular weight is 454 g/mol. The van der Waals surface area contributed by atoms with Gasteiger partial charge in [-0.05, 0) is 88.8 Å². The normalized spacial score (nSPS) is 31.8. The van der Waals surface area contributed by atoms with Gasteiger partial charge in [-0.3, -0.25) is 4.79 Å². The first kappa shape index (κ1) is 24.1. The van der Waals surface area contributed by atoms with Crippen molar-refractivity contribution in [3.63, 3.8) is 0 Å². The number of carbonyl (C=O) groups excluding carboxylic acids is 1. The lowest BCUT2D eigenvalue weighted by Gasteiger charge is -2.32. The van der Waals surface area contributed by atoms with Gasteiger partial charge in [0.15, 0.2) is 0 Å². The molecule has 4 atom stereocenters. The number of rotatable bonds is 8. The summed E-state index contributed by atoms with van der Waals surface area (Å²) in [6.07, 6.45) is 2.84. The van der Waals surface area contributed by atoms with Gasteiger partial charge in [0.1, 0.15) is 12.1 Å². The van der Waals surface area contributed by atoms with Gasteiger partial charge in [0.2, 0.25) is 0 Å². The molecule has 0 bridgehead atoms. The van der Waals surface area contributed by atoms with E-state index >= 15 is 0 Å². The molecule has 3 aliphatic rings. The fourth-order valence-corrected chi connectivity index (χ4v) is 5.71. The van der Waals surface area contributed by atoms with Gasteiger partial charge in [0, 0.05) is 4.91 Å². The molecule has 1 aromatic rings. The van der Waals surface area contributed by atoms with Crippen molar-refractivity contribution < 1.29 is 18.8 Å². The lowest BCUT2D eigenvalue weighted by atomic mass is 9.75. The van der Waals surface area contributed by atoms with Crippen LogP contribution in [0.25, 0.3) is 10.4 Å². The van der Waals surface area contributed by atoms with Crippen LogP contribution in [0.3, 0.4) is 0 Å². The molecule has 1 aromatic carbocycles. The van der Waals surface area contributed by atoms with Crippen molar-refractivity contribution in [1.82, 2.24) is 5.32 Å². The molecule has 1 saturated carbocycles. The molecule has 33 heavy (non-hydrogen) atoms. The zero-order valence-electron chi connectivity index (χ0n) is 20.1. The van der Waals surface area contributed by atoms with Gasteiger partial charge in [0.05, 0.1) is 11.2 Å². The van der Waals surface area contributed by atoms with Crippen LogP contribution in [0.2, 0.25) is 6.32 Å². The zero-order chi connectivity index (χ0) is 23.7. The summed E-state index contributed by atoms with van der Waals surface area (Å²) in [7, 11) is -0.271. The van der Waals surface area contributed by atoms with Gasteiger partial charge in [-0.1, -0.05) is 41.9 Å². The van der Waals surface area contributed by atoms with E-state index in [1.54, 1.807) is 0 Å². The summed E-state index contributed by atoms with van der Waals surface area (Å²) < 4.78 is 18.0. The van der Waals surface area contributed by atoms with Crippen LogP contribution in [-0.2, 0) is 25.4 Å². The zero-order valence-corrected chi connectivity index (χ0v) is 20.1. The molecule has 0 aromatic heterocycles. The van der Waals surface area contributed by atoms with Crippen molar-refractivity contribution >= 4 is 13.1 Å². The van der Waals surface area contributed by atoms with E-state index in [9.17, 15) is 10.3 Å². The van der Waals surface area contributed by atoms with Crippen molar-refractivity contribution in [1.29, 1.82) is 0 Å². The van der Waals surface area contributed by atoms with E-state index in [4.69, 9.17) is 14.0 Å². The molecule has 3 fully saturated rings. The standard InChI is InChI=1S/C24H35BN4O4/c1-22(2)23(3,4)33-25(32-22)12-8-11-20-19-15-27-14-18(19)13-24(20,28-29-26)21(30)31-16-17-9-6-5-7-10-17/h5-7,9-10,18-20,27H,8,11-16H2,1-4H3/t18-,19+,20?,24?/m0/s1. The summed E-state index contributed by atoms with van der Waals surface area (Å²) in [6.45, 7) is 10.1. The molecule has 178 valence electrons. The first-order valence-electron chi connectivity index (χ1n) is 12.0. The van der Waals surface area contributed by atoms with Crippen molar-refractivity contribution in [2.24, 2.45) is 22.9 Å². The maximum atomic E-state index is 13.4. The van der Waals surface area contributed by atoms with Gasteiger partial charge in [-0.25, -0.2) is 0 Å². The van der Waals surface area contributed by atoms with Crippen LogP contribution >= 0.6 is 0 Å². The van der Waals surface area contributed by atoms with E-state index < -0.39 is 11.5 Å². The van der Waals surface area contributed by atoms with Crippen LogP contribution in [-0.4, -0.2) is 42.9 Å². The minimum atomic E-state index is -1.16. The van der Waals surface area contributed by atoms with Gasteiger partial charge in [-0.2, -0.15) is 0 Å². The van der Waals surface area contributed by atoms with Crippen LogP contribution in [0.15, 0.2) is 35.4 Å². The van der Waals surface area contributed by atoms with Crippen LogP contribution in [0.4, 0.5) is 0 Å². The first-order valence-corrected chi connectivity index (χ1v) is 12.0. The number of nitrogens with zero attached hydrogens (tertiary/aromatic N) is 3. The lowest BCUT2D eigenvalue weighted by Crippen LogP contribution is -2.44. The molecule has 0 amide bonds. The van der Waals surface area contributed by atoms with Gasteiger partial charge < -0.3 is 19.4 Å². The minimum Gasteiger partial charge on any atom is -0.460 e. The summed E-state index contributed by atoms with van der Waals surface area (Å²) in [5.74, 6) is 0.123. The quantitative estimate of drug-likeness (QED) is 0.205. The van der Waals surface area contributed by atoms with Gasteiger partial charge in [0.25, 0.3) is 0 Å². The number of nitrogens with one attached hydrogen (secondary N) is 1. The number of esters is 1. The maximum Gasteiger partial charge on any atom is 0.457 e. The Hall–Kier alpha value is -2.06. The lowest BCUT2D eigenvalue weighted by molar-refractivity contribution is -0.153. The Morgan fingerprint density at radius 1 is 1.21 bits per heavy atom. The van der Waals surface area contributed by atoms with E-state index in [0.29, 0.717) is 12.3 Å². The summed E-state index contributed by atoms with van der Waals surface area (Å²) in [6, 6.07) is 9.59. The van der Waals surface area contributed by atoms with Crippen LogP contribution in [0, 0.1) is 17.8 Å². The second kappa shape index (κ2) is 9.30. The summed E-state index contributed by atoms with van der Waals surface area (Å²) in [5, 5.41) is 7.59. The highest BCUT2D eigenvalue weighted by molar-refractivity contribution is 6.45. The molecule has 2 aliphatic heterocycles. The third-order valence-electron chi connectivity index (χ3n) is 8.14. The van der Waals surface area contributed by atoms with Crippen LogP contribution < -0.4 is 5.32 Å². The van der Waals surface area contributed by atoms with Crippen molar-refractivity contribution in [3.05, 3.63) is 46.3 Å². The molecule has 0 radical (unpaired) electrons. The number of ether oxygens (including phenoxy) is 1. The van der Waals surface area contributed by atoms with Crippen molar-refractivity contribution in [2.45, 2.75) is 76.6 Å². The second-order valence-corrected chi connectivity index (χ2v) is 10.7. The molecule has 9 heteroatoms. The topological polar surface area (TPSA) is 106 Å². The number of hydrogen-bond donors (Lipinski definition) is 1. The van der Waals surface area contributed by atoms with E-state index in [0.717, 1.165) is 37.8 Å². The highest BCUT2D eigenvalue weighted by Crippen LogP contribution is 2.51. The number of benzene rings is 1. The van der Waals surface area contributed by atoms with Crippen LogP contribution in [0.1, 0.15) is 52.5 Å². The number of fused-ring (bicyclic) bond motifs is 1. The number of azide groups is 1. The molecular formula is C24H35BN4O4. The molecule has 1 aliphatic carbocycles. The van der Waals surface area contributed by atoms with Crippen molar-refractivity contribution in [2.75, 3.05) is 13.1 Å². The Bertz CT molecular complexity index is 889. The predicted molar refractivity (Wildman–Crippen MR) is 126 cm³/mol. The Balaban J connectivity index is 1.46. The largest absolute Gasteiger partial charge is 0.460 e. The minimum absolute atomic E-state index is 0.0703. The predicted octanol–water partition coefficient (Wildman–Crippen LogP) is 4.51. The van der Waals surface area contributed by atoms with E-state index in [2.05, 4.69) is 15.3 Å². The first-order chi connectivity index (χ1) is 15.7. The molecule has 0 spiro atoms. The number of hydrogen-bond acceptors (Lipinski definition) is 6. The Morgan fingerprint density at radius 3 is 2.58 bits per heavy atom. The van der Waals surface area contributed by atoms with E-state index in [1.807, 2.05) is 58.0 Å². The SMILES string of the molecule is CC1(C)OB(CCCC2[C@@H]3CNC[C@@H]3CC2(N=[N+]=[N-])C(=O)OCc2ccccc2)OC1(C)C. The summed E-state index contributed by atoms with van der Waals surface area (Å²) in [4.78, 5) is 16.5. The molecule has 2 unspecified atom stereocenters. The van der Waals surface area contributed by atoms with E-state index in [-0.39, 0.29) is 36.8 Å².